The Hall–Kier alpha value is 1.30. The summed E-state index contributed by atoms with van der Waals surface area (Å²) in [6.07, 6.45) is 3.73. The van der Waals surface area contributed by atoms with Crippen molar-refractivity contribution in [2.24, 2.45) is 0 Å². The van der Waals surface area contributed by atoms with Crippen LogP contribution in [-0.2, 0) is 0 Å². The van der Waals surface area contributed by atoms with Gasteiger partial charge >= 0.3 is 0 Å². The molecule has 0 unspecified atom stereocenters. The van der Waals surface area contributed by atoms with E-state index in [1.807, 2.05) is 0 Å². The topological polar surface area (TPSA) is 30.5 Å². The normalized spacial score (nSPS) is 25.1. The highest BCUT2D eigenvalue weighted by molar-refractivity contribution is 14.1. The average Bonchev–Trinajstić information content (AvgIpc) is 2.33. The number of halogens is 2. The zero-order chi connectivity index (χ0) is 12.3. The molecule has 0 aliphatic carbocycles. The van der Waals surface area contributed by atoms with Gasteiger partial charge in [0.25, 0.3) is 0 Å². The molecule has 0 spiro atoms. The van der Waals surface area contributed by atoms with Crippen molar-refractivity contribution in [3.8, 4) is 0 Å². The molecule has 6 heteroatoms. The first-order valence-electron chi connectivity index (χ1n) is 6.52. The largest absolute Gasteiger partial charge is 0.317 e. The highest BCUT2D eigenvalue weighted by Crippen LogP contribution is 2.05. The number of hydrogen-bond donors (Lipinski definition) is 2. The fourth-order valence-electron chi connectivity index (χ4n) is 1.78. The maximum Gasteiger partial charge on any atom is 0.0217 e. The predicted octanol–water partition coefficient (Wildman–Crippen LogP) is 1.65. The summed E-state index contributed by atoms with van der Waals surface area (Å²) in [6, 6.07) is 0. The zero-order valence-corrected chi connectivity index (χ0v) is 14.7. The van der Waals surface area contributed by atoms with Crippen LogP contribution in [0.2, 0.25) is 0 Å². The Bertz CT molecular complexity index is 165. The SMILES string of the molecule is IN1CCCNCCCNCCCN(I)CC1. The lowest BCUT2D eigenvalue weighted by Crippen LogP contribution is -2.27. The van der Waals surface area contributed by atoms with Crippen molar-refractivity contribution in [3.05, 3.63) is 0 Å². The Labute approximate surface area is 133 Å². The van der Waals surface area contributed by atoms with Crippen molar-refractivity contribution in [1.82, 2.24) is 16.9 Å². The van der Waals surface area contributed by atoms with Crippen LogP contribution in [0.25, 0.3) is 0 Å². The summed E-state index contributed by atoms with van der Waals surface area (Å²) < 4.78 is 4.81. The monoisotopic (exact) mass is 466 g/mol. The van der Waals surface area contributed by atoms with Gasteiger partial charge in [0.05, 0.1) is 0 Å². The van der Waals surface area contributed by atoms with E-state index in [1.165, 1.54) is 32.4 Å². The molecule has 0 saturated carbocycles. The third-order valence-corrected chi connectivity index (χ3v) is 4.73. The maximum atomic E-state index is 3.50. The summed E-state index contributed by atoms with van der Waals surface area (Å²) >= 11 is 4.90. The van der Waals surface area contributed by atoms with Crippen LogP contribution in [0.3, 0.4) is 0 Å². The van der Waals surface area contributed by atoms with E-state index in [4.69, 9.17) is 0 Å². The first-order valence-corrected chi connectivity index (χ1v) is 8.45. The first-order chi connectivity index (χ1) is 8.29. The first kappa shape index (κ1) is 16.4. The van der Waals surface area contributed by atoms with Crippen LogP contribution in [0.15, 0.2) is 0 Å². The van der Waals surface area contributed by atoms with Crippen LogP contribution in [0, 0.1) is 0 Å². The van der Waals surface area contributed by atoms with Crippen LogP contribution in [-0.4, -0.2) is 58.6 Å². The molecule has 2 N–H and O–H groups in total. The van der Waals surface area contributed by atoms with Gasteiger partial charge in [0.15, 0.2) is 0 Å². The van der Waals surface area contributed by atoms with Gasteiger partial charge in [0.1, 0.15) is 0 Å². The second kappa shape index (κ2) is 11.2. The summed E-state index contributed by atoms with van der Waals surface area (Å²) in [7, 11) is 0. The van der Waals surface area contributed by atoms with Gasteiger partial charge in [0, 0.05) is 71.9 Å². The van der Waals surface area contributed by atoms with Gasteiger partial charge in [0.2, 0.25) is 0 Å². The van der Waals surface area contributed by atoms with E-state index in [2.05, 4.69) is 62.6 Å². The van der Waals surface area contributed by atoms with Gasteiger partial charge in [-0.15, -0.1) is 0 Å². The lowest BCUT2D eigenvalue weighted by Gasteiger charge is -2.18. The lowest BCUT2D eigenvalue weighted by molar-refractivity contribution is 0.415. The molecule has 1 rings (SSSR count). The average molecular weight is 466 g/mol. The number of rotatable bonds is 0. The van der Waals surface area contributed by atoms with Gasteiger partial charge in [-0.3, -0.25) is 0 Å². The van der Waals surface area contributed by atoms with Crippen molar-refractivity contribution < 1.29 is 0 Å². The summed E-state index contributed by atoms with van der Waals surface area (Å²) in [5, 5.41) is 7.00. The van der Waals surface area contributed by atoms with E-state index >= 15 is 0 Å². The molecule has 0 atom stereocenters. The number of hydrogen-bond acceptors (Lipinski definition) is 4. The zero-order valence-electron chi connectivity index (χ0n) is 10.4. The van der Waals surface area contributed by atoms with Crippen molar-refractivity contribution in [2.75, 3.05) is 52.4 Å². The van der Waals surface area contributed by atoms with E-state index in [-0.39, 0.29) is 0 Å². The molecule has 1 saturated heterocycles. The van der Waals surface area contributed by atoms with Crippen molar-refractivity contribution in [3.63, 3.8) is 0 Å². The summed E-state index contributed by atoms with van der Waals surface area (Å²) in [5.74, 6) is 0. The van der Waals surface area contributed by atoms with E-state index < -0.39 is 0 Å². The van der Waals surface area contributed by atoms with Crippen molar-refractivity contribution >= 4 is 45.7 Å². The second-order valence-electron chi connectivity index (χ2n) is 4.38. The van der Waals surface area contributed by atoms with Crippen LogP contribution in [0.1, 0.15) is 19.3 Å². The number of nitrogens with one attached hydrogen (secondary N) is 2. The van der Waals surface area contributed by atoms with E-state index in [0.29, 0.717) is 0 Å². The molecule has 0 radical (unpaired) electrons. The molecule has 4 nitrogen and oxygen atoms in total. The van der Waals surface area contributed by atoms with Crippen molar-refractivity contribution in [1.29, 1.82) is 0 Å². The summed E-state index contributed by atoms with van der Waals surface area (Å²) in [5.41, 5.74) is 0. The van der Waals surface area contributed by atoms with Crippen LogP contribution >= 0.6 is 45.7 Å². The summed E-state index contributed by atoms with van der Waals surface area (Å²) in [6.45, 7) is 9.29. The Morgan fingerprint density at radius 1 is 0.588 bits per heavy atom. The predicted molar refractivity (Wildman–Crippen MR) is 90.8 cm³/mol. The fourth-order valence-corrected chi connectivity index (χ4v) is 2.89. The molecular formula is C11H24I2N4. The summed E-state index contributed by atoms with van der Waals surface area (Å²) in [4.78, 5) is 0. The van der Waals surface area contributed by atoms with Gasteiger partial charge < -0.3 is 10.6 Å². The molecule has 0 aromatic heterocycles. The number of nitrogens with zero attached hydrogens (tertiary/aromatic N) is 2. The molecule has 0 bridgehead atoms. The van der Waals surface area contributed by atoms with Crippen LogP contribution < -0.4 is 10.6 Å². The van der Waals surface area contributed by atoms with Gasteiger partial charge in [-0.2, -0.15) is 0 Å². The van der Waals surface area contributed by atoms with Crippen LogP contribution in [0.5, 0.6) is 0 Å². The van der Waals surface area contributed by atoms with E-state index in [1.54, 1.807) is 0 Å². The minimum atomic E-state index is 1.15. The highest BCUT2D eigenvalue weighted by atomic mass is 127. The molecule has 1 aliphatic heterocycles. The lowest BCUT2D eigenvalue weighted by atomic mass is 10.3. The standard InChI is InChI=1S/C11H24I2N4/c12-16-8-2-6-14-4-1-5-15-7-3-9-17(13)11-10-16/h14-15H,1-11H2. The quantitative estimate of drug-likeness (QED) is 0.420. The molecule has 1 fully saturated rings. The molecule has 0 aromatic rings. The second-order valence-corrected chi connectivity index (χ2v) is 7.11. The molecule has 102 valence electrons. The Morgan fingerprint density at radius 3 is 1.47 bits per heavy atom. The molecule has 0 aromatic carbocycles. The highest BCUT2D eigenvalue weighted by Gasteiger charge is 2.04. The Kier molecular flexibility index (Phi) is 10.7. The van der Waals surface area contributed by atoms with Gasteiger partial charge in [-0.05, 0) is 45.4 Å². The third kappa shape index (κ3) is 9.83. The van der Waals surface area contributed by atoms with Gasteiger partial charge in [-0.1, -0.05) is 0 Å². The Morgan fingerprint density at radius 2 is 1.00 bits per heavy atom. The smallest absolute Gasteiger partial charge is 0.0217 e. The molecule has 1 heterocycles. The minimum Gasteiger partial charge on any atom is -0.317 e. The maximum absolute atomic E-state index is 3.50. The molecular weight excluding hydrogens is 442 g/mol. The van der Waals surface area contributed by atoms with E-state index in [9.17, 15) is 0 Å². The molecule has 17 heavy (non-hydrogen) atoms. The van der Waals surface area contributed by atoms with E-state index in [0.717, 1.165) is 39.3 Å². The van der Waals surface area contributed by atoms with Crippen LogP contribution in [0.4, 0.5) is 0 Å². The van der Waals surface area contributed by atoms with Crippen molar-refractivity contribution in [2.45, 2.75) is 19.3 Å². The Balaban J connectivity index is 2.20. The molecule has 0 amide bonds. The fraction of sp³-hybridized carbons (Fsp3) is 1.00. The third-order valence-electron chi connectivity index (χ3n) is 2.80. The van der Waals surface area contributed by atoms with Gasteiger partial charge in [-0.25, -0.2) is 6.23 Å². The molecule has 1 aliphatic rings. The minimum absolute atomic E-state index is 1.15.